The monoisotopic (exact) mass is 320 g/mol. The van der Waals surface area contributed by atoms with Crippen molar-refractivity contribution in [3.63, 3.8) is 0 Å². The Kier molecular flexibility index (Phi) is 4.70. The van der Waals surface area contributed by atoms with Crippen LogP contribution in [0.1, 0.15) is 0 Å². The van der Waals surface area contributed by atoms with Crippen molar-refractivity contribution in [2.24, 2.45) is 0 Å². The summed E-state index contributed by atoms with van der Waals surface area (Å²) in [6.07, 6.45) is -13.2. The van der Waals surface area contributed by atoms with Crippen molar-refractivity contribution in [2.75, 3.05) is 0 Å². The summed E-state index contributed by atoms with van der Waals surface area (Å²) in [7, 11) is 0. The Hall–Kier alpha value is -0.280. The van der Waals surface area contributed by atoms with Gasteiger partial charge in [-0.25, -0.2) is 4.39 Å². The zero-order valence-electron chi connectivity index (χ0n) is 5.76. The maximum Gasteiger partial charge on any atom is 1.00 e. The van der Waals surface area contributed by atoms with Gasteiger partial charge >= 0.3 is 40.4 Å². The van der Waals surface area contributed by atoms with Crippen LogP contribution in [0.25, 0.3) is 0 Å². The van der Waals surface area contributed by atoms with E-state index in [0.29, 0.717) is 0 Å². The molecule has 0 aliphatic carbocycles. The summed E-state index contributed by atoms with van der Waals surface area (Å²) in [4.78, 5) is 9.39. The summed E-state index contributed by atoms with van der Waals surface area (Å²) >= 11 is 0. The molecule has 0 amide bonds. The Morgan fingerprint density at radius 3 is 1.07 bits per heavy atom. The van der Waals surface area contributed by atoms with Crippen LogP contribution in [0.3, 0.4) is 0 Å². The largest absolute Gasteiger partial charge is 1.00 e. The van der Waals surface area contributed by atoms with Crippen molar-refractivity contribution in [3.8, 4) is 0 Å². The summed E-state index contributed by atoms with van der Waals surface area (Å²) < 4.78 is 80.0. The van der Waals surface area contributed by atoms with Gasteiger partial charge in [0.2, 0.25) is 0 Å². The SMILES string of the molecule is O=C([O-])C(F)(C(F)(F)F)C(F)(F)F.[Ag+]. The van der Waals surface area contributed by atoms with E-state index in [4.69, 9.17) is 0 Å². The number of halogens is 7. The first kappa shape index (κ1) is 16.2. The smallest absolute Gasteiger partial charge is 0.546 e. The molecular weight excluding hydrogens is 321 g/mol. The number of hydrogen-bond donors (Lipinski definition) is 0. The Balaban J connectivity index is 0. The van der Waals surface area contributed by atoms with E-state index in [2.05, 4.69) is 0 Å². The summed E-state index contributed by atoms with van der Waals surface area (Å²) in [6.45, 7) is 0. The second-order valence-corrected chi connectivity index (χ2v) is 1.94. The number of hydrogen-bond acceptors (Lipinski definition) is 2. The molecule has 0 aromatic heterocycles. The van der Waals surface area contributed by atoms with Gasteiger partial charge in [0.15, 0.2) is 0 Å². The summed E-state index contributed by atoms with van der Waals surface area (Å²) in [5.41, 5.74) is -6.32. The molecule has 0 saturated heterocycles. The standard InChI is InChI=1S/C4HF7O2.Ag/c5-2(1(12)13,3(6,7)8)4(9,10)11;/h(H,12,13);/q;+1/p-1. The number of alkyl halides is 7. The summed E-state index contributed by atoms with van der Waals surface area (Å²) in [5.74, 6) is -3.88. The van der Waals surface area contributed by atoms with Crippen LogP contribution in [-0.2, 0) is 27.2 Å². The van der Waals surface area contributed by atoms with Crippen LogP contribution in [0, 0.1) is 0 Å². The van der Waals surface area contributed by atoms with Gasteiger partial charge in [0.25, 0.3) is 0 Å². The maximum atomic E-state index is 12.0. The van der Waals surface area contributed by atoms with E-state index < -0.39 is 24.0 Å². The molecule has 0 heterocycles. The van der Waals surface area contributed by atoms with E-state index in [-0.39, 0.29) is 22.4 Å². The first-order chi connectivity index (χ1) is 5.44. The van der Waals surface area contributed by atoms with Gasteiger partial charge < -0.3 is 9.90 Å². The summed E-state index contributed by atoms with van der Waals surface area (Å²) in [5, 5.41) is 9.39. The molecule has 0 unspecified atom stereocenters. The van der Waals surface area contributed by atoms with Crippen LogP contribution < -0.4 is 5.11 Å². The molecule has 88 valence electrons. The van der Waals surface area contributed by atoms with Crippen LogP contribution in [0.2, 0.25) is 0 Å². The van der Waals surface area contributed by atoms with Crippen LogP contribution in [-0.4, -0.2) is 24.0 Å². The molecule has 0 saturated carbocycles. The fourth-order valence-electron chi connectivity index (χ4n) is 0.392. The fourth-order valence-corrected chi connectivity index (χ4v) is 0.392. The molecule has 0 aliphatic rings. The Morgan fingerprint density at radius 2 is 1.07 bits per heavy atom. The van der Waals surface area contributed by atoms with E-state index in [1.54, 1.807) is 0 Å². The molecule has 0 aromatic carbocycles. The molecule has 0 bridgehead atoms. The van der Waals surface area contributed by atoms with Gasteiger partial charge in [-0.15, -0.1) is 0 Å². The second kappa shape index (κ2) is 4.07. The molecule has 0 radical (unpaired) electrons. The van der Waals surface area contributed by atoms with Gasteiger partial charge in [-0.1, -0.05) is 0 Å². The Morgan fingerprint density at radius 1 is 0.857 bits per heavy atom. The van der Waals surface area contributed by atoms with Crippen molar-refractivity contribution >= 4 is 5.97 Å². The van der Waals surface area contributed by atoms with E-state index in [0.717, 1.165) is 0 Å². The first-order valence-corrected chi connectivity index (χ1v) is 2.48. The zero-order valence-corrected chi connectivity index (χ0v) is 7.25. The molecule has 10 heteroatoms. The zero-order chi connectivity index (χ0) is 11.1. The number of carboxylic acid groups (broad SMARTS) is 1. The molecule has 0 aromatic rings. The minimum absolute atomic E-state index is 0. The molecule has 0 atom stereocenters. The van der Waals surface area contributed by atoms with Crippen molar-refractivity contribution in [2.45, 2.75) is 18.0 Å². The maximum absolute atomic E-state index is 12.0. The van der Waals surface area contributed by atoms with Crippen LogP contribution >= 0.6 is 0 Å². The number of carbonyl (C=O) groups is 1. The van der Waals surface area contributed by atoms with Gasteiger partial charge in [-0.2, -0.15) is 26.3 Å². The molecular formula is C4AgF7O2. The van der Waals surface area contributed by atoms with Crippen LogP contribution in [0.5, 0.6) is 0 Å². The second-order valence-electron chi connectivity index (χ2n) is 1.94. The van der Waals surface area contributed by atoms with Crippen molar-refractivity contribution in [1.29, 1.82) is 0 Å². The average molecular weight is 321 g/mol. The fraction of sp³-hybridized carbons (Fsp3) is 0.750. The molecule has 0 rings (SSSR count). The average Bonchev–Trinajstić information content (AvgIpc) is 1.80. The number of carbonyl (C=O) groups excluding carboxylic acids is 1. The molecule has 2 nitrogen and oxygen atoms in total. The van der Waals surface area contributed by atoms with Crippen LogP contribution in [0.15, 0.2) is 0 Å². The predicted octanol–water partition coefficient (Wildman–Crippen LogP) is 0.567. The minimum Gasteiger partial charge on any atom is -0.546 e. The Bertz CT molecular complexity index is 205. The van der Waals surface area contributed by atoms with Crippen molar-refractivity contribution in [3.05, 3.63) is 0 Å². The van der Waals surface area contributed by atoms with Crippen molar-refractivity contribution in [1.82, 2.24) is 0 Å². The molecule has 0 fully saturated rings. The van der Waals surface area contributed by atoms with E-state index in [1.165, 1.54) is 0 Å². The van der Waals surface area contributed by atoms with E-state index in [9.17, 15) is 40.6 Å². The summed E-state index contributed by atoms with van der Waals surface area (Å²) in [6, 6.07) is 0. The van der Waals surface area contributed by atoms with Gasteiger partial charge in [-0.05, 0) is 0 Å². The van der Waals surface area contributed by atoms with Gasteiger partial charge in [-0.3, -0.25) is 0 Å². The van der Waals surface area contributed by atoms with Gasteiger partial charge in [0.1, 0.15) is 0 Å². The first-order valence-electron chi connectivity index (χ1n) is 2.48. The molecule has 0 aliphatic heterocycles. The van der Waals surface area contributed by atoms with Gasteiger partial charge in [0.05, 0.1) is 5.97 Å². The third-order valence-electron chi connectivity index (χ3n) is 1.06. The van der Waals surface area contributed by atoms with Crippen molar-refractivity contribution < 1.29 is 63.0 Å². The number of carboxylic acids is 1. The number of rotatable bonds is 1. The third-order valence-corrected chi connectivity index (χ3v) is 1.06. The van der Waals surface area contributed by atoms with E-state index in [1.807, 2.05) is 0 Å². The molecule has 0 N–H and O–H groups in total. The predicted molar refractivity (Wildman–Crippen MR) is 21.0 cm³/mol. The quantitative estimate of drug-likeness (QED) is 0.523. The van der Waals surface area contributed by atoms with E-state index >= 15 is 0 Å². The van der Waals surface area contributed by atoms with Gasteiger partial charge in [0, 0.05) is 0 Å². The molecule has 0 spiro atoms. The van der Waals surface area contributed by atoms with Crippen LogP contribution in [0.4, 0.5) is 30.7 Å². The Labute approximate surface area is 87.6 Å². The minimum atomic E-state index is -6.59. The normalized spacial score (nSPS) is 13.4. The number of aliphatic carboxylic acids is 1. The topological polar surface area (TPSA) is 40.1 Å². The molecule has 14 heavy (non-hydrogen) atoms. The third kappa shape index (κ3) is 2.39.